The molecule has 4 rings (SSSR count). The van der Waals surface area contributed by atoms with Crippen molar-refractivity contribution >= 4 is 28.2 Å². The molecule has 2 N–H and O–H groups in total. The van der Waals surface area contributed by atoms with Gasteiger partial charge in [0, 0.05) is 30.4 Å². The third-order valence-corrected chi connectivity index (χ3v) is 4.74. The van der Waals surface area contributed by atoms with Crippen molar-refractivity contribution in [3.63, 3.8) is 0 Å². The Labute approximate surface area is 157 Å². The average Bonchev–Trinajstić information content (AvgIpc) is 2.69. The van der Waals surface area contributed by atoms with Gasteiger partial charge < -0.3 is 5.32 Å². The second-order valence-electron chi connectivity index (χ2n) is 6.69. The van der Waals surface area contributed by atoms with Gasteiger partial charge in [-0.2, -0.15) is 0 Å². The van der Waals surface area contributed by atoms with Crippen LogP contribution in [0.3, 0.4) is 0 Å². The minimum absolute atomic E-state index is 0.155. The Bertz CT molecular complexity index is 969. The van der Waals surface area contributed by atoms with Crippen molar-refractivity contribution in [1.82, 2.24) is 15.4 Å². The first-order valence-electron chi connectivity index (χ1n) is 9.17. The highest BCUT2D eigenvalue weighted by Crippen LogP contribution is 2.27. The molecule has 2 aromatic carbocycles. The van der Waals surface area contributed by atoms with E-state index < -0.39 is 0 Å². The summed E-state index contributed by atoms with van der Waals surface area (Å²) in [4.78, 5) is 17.2. The summed E-state index contributed by atoms with van der Waals surface area (Å²) in [5.74, 6) is 0.116. The number of piperidine rings is 1. The van der Waals surface area contributed by atoms with E-state index in [1.165, 1.54) is 18.6 Å². The summed E-state index contributed by atoms with van der Waals surface area (Å²) in [6, 6.07) is 13.8. The zero-order valence-corrected chi connectivity index (χ0v) is 14.9. The Hall–Kier alpha value is -2.99. The van der Waals surface area contributed by atoms with E-state index >= 15 is 0 Å². The van der Waals surface area contributed by atoms with E-state index in [1.54, 1.807) is 18.3 Å². The van der Waals surface area contributed by atoms with Gasteiger partial charge in [0.1, 0.15) is 11.6 Å². The number of hydrazine groups is 1. The number of carbonyl (C=O) groups excluding carboxylic acids is 1. The second-order valence-corrected chi connectivity index (χ2v) is 6.69. The van der Waals surface area contributed by atoms with Gasteiger partial charge in [0.2, 0.25) is 0 Å². The lowest BCUT2D eigenvalue weighted by Crippen LogP contribution is -2.45. The SMILES string of the molecule is O=C(NN1CCCCC1)c1cnc(Nc2cccc(F)c2)c2ccccc12. The Morgan fingerprint density at radius 1 is 1.00 bits per heavy atom. The first-order chi connectivity index (χ1) is 13.2. The maximum Gasteiger partial charge on any atom is 0.267 e. The highest BCUT2D eigenvalue weighted by molar-refractivity contribution is 6.09. The van der Waals surface area contributed by atoms with Gasteiger partial charge in [-0.1, -0.05) is 36.8 Å². The van der Waals surface area contributed by atoms with Gasteiger partial charge in [-0.25, -0.2) is 14.4 Å². The molecule has 3 aromatic rings. The quantitative estimate of drug-likeness (QED) is 0.727. The normalized spacial score (nSPS) is 14.9. The number of hydrogen-bond donors (Lipinski definition) is 2. The number of nitrogens with zero attached hydrogens (tertiary/aromatic N) is 2. The summed E-state index contributed by atoms with van der Waals surface area (Å²) >= 11 is 0. The number of amides is 1. The lowest BCUT2D eigenvalue weighted by atomic mass is 10.1. The van der Waals surface area contributed by atoms with Gasteiger partial charge in [-0.05, 0) is 36.4 Å². The number of rotatable bonds is 4. The summed E-state index contributed by atoms with van der Waals surface area (Å²) in [7, 11) is 0. The predicted molar refractivity (Wildman–Crippen MR) is 104 cm³/mol. The molecule has 2 heterocycles. The Balaban J connectivity index is 1.64. The molecular weight excluding hydrogens is 343 g/mol. The maximum atomic E-state index is 13.5. The lowest BCUT2D eigenvalue weighted by Gasteiger charge is -2.27. The van der Waals surface area contributed by atoms with Gasteiger partial charge in [-0.3, -0.25) is 10.2 Å². The van der Waals surface area contributed by atoms with Crippen LogP contribution in [-0.2, 0) is 0 Å². The van der Waals surface area contributed by atoms with E-state index in [2.05, 4.69) is 15.7 Å². The van der Waals surface area contributed by atoms with Crippen molar-refractivity contribution in [2.45, 2.75) is 19.3 Å². The fraction of sp³-hybridized carbons (Fsp3) is 0.238. The molecule has 1 amide bonds. The summed E-state index contributed by atoms with van der Waals surface area (Å²) in [5.41, 5.74) is 4.13. The number of halogens is 1. The lowest BCUT2D eigenvalue weighted by molar-refractivity contribution is 0.0751. The fourth-order valence-corrected chi connectivity index (χ4v) is 3.39. The topological polar surface area (TPSA) is 57.3 Å². The smallest absolute Gasteiger partial charge is 0.267 e. The molecule has 1 saturated heterocycles. The maximum absolute atomic E-state index is 13.5. The van der Waals surface area contributed by atoms with Crippen LogP contribution in [0, 0.1) is 5.82 Å². The van der Waals surface area contributed by atoms with E-state index in [0.717, 1.165) is 36.7 Å². The fourth-order valence-electron chi connectivity index (χ4n) is 3.39. The van der Waals surface area contributed by atoms with Gasteiger partial charge in [0.15, 0.2) is 0 Å². The Morgan fingerprint density at radius 3 is 2.56 bits per heavy atom. The third kappa shape index (κ3) is 3.90. The predicted octanol–water partition coefficient (Wildman–Crippen LogP) is 4.25. The molecule has 6 heteroatoms. The van der Waals surface area contributed by atoms with Gasteiger partial charge in [-0.15, -0.1) is 0 Å². The van der Waals surface area contributed by atoms with Crippen molar-refractivity contribution in [3.8, 4) is 0 Å². The number of aromatic nitrogens is 1. The average molecular weight is 364 g/mol. The molecule has 0 radical (unpaired) electrons. The molecule has 138 valence electrons. The minimum atomic E-state index is -0.318. The van der Waals surface area contributed by atoms with E-state index in [1.807, 2.05) is 29.3 Å². The van der Waals surface area contributed by atoms with E-state index in [4.69, 9.17) is 0 Å². The van der Waals surface area contributed by atoms with Crippen LogP contribution < -0.4 is 10.7 Å². The van der Waals surface area contributed by atoms with Crippen LogP contribution in [0.4, 0.5) is 15.9 Å². The van der Waals surface area contributed by atoms with E-state index in [9.17, 15) is 9.18 Å². The standard InChI is InChI=1S/C21H21FN4O/c22-15-7-6-8-16(13-15)24-20-18-10-3-2-9-17(18)19(14-23-20)21(27)25-26-11-4-1-5-12-26/h2-3,6-10,13-14H,1,4-5,11-12H2,(H,23,24)(H,25,27). The van der Waals surface area contributed by atoms with Crippen molar-refractivity contribution in [3.05, 3.63) is 66.1 Å². The number of nitrogens with one attached hydrogen (secondary N) is 2. The second kappa shape index (κ2) is 7.72. The molecule has 0 unspecified atom stereocenters. The van der Waals surface area contributed by atoms with Crippen molar-refractivity contribution in [2.24, 2.45) is 0 Å². The number of benzene rings is 2. The Kier molecular flexibility index (Phi) is 4.98. The molecule has 5 nitrogen and oxygen atoms in total. The number of pyridine rings is 1. The zero-order chi connectivity index (χ0) is 18.6. The monoisotopic (exact) mass is 364 g/mol. The summed E-state index contributed by atoms with van der Waals surface area (Å²) in [6.07, 6.45) is 4.96. The molecule has 1 aromatic heterocycles. The molecule has 1 fully saturated rings. The number of carbonyl (C=O) groups is 1. The van der Waals surface area contributed by atoms with E-state index in [-0.39, 0.29) is 11.7 Å². The van der Waals surface area contributed by atoms with Gasteiger partial charge in [0.05, 0.1) is 5.56 Å². The minimum Gasteiger partial charge on any atom is -0.340 e. The summed E-state index contributed by atoms with van der Waals surface area (Å²) in [6.45, 7) is 1.74. The molecule has 27 heavy (non-hydrogen) atoms. The van der Waals surface area contributed by atoms with Gasteiger partial charge >= 0.3 is 0 Å². The van der Waals surface area contributed by atoms with Crippen LogP contribution in [0.5, 0.6) is 0 Å². The molecule has 1 aliphatic rings. The first kappa shape index (κ1) is 17.4. The van der Waals surface area contributed by atoms with Crippen LogP contribution in [0.25, 0.3) is 10.8 Å². The molecular formula is C21H21FN4O. The number of hydrogen-bond acceptors (Lipinski definition) is 4. The van der Waals surface area contributed by atoms with Crippen LogP contribution >= 0.6 is 0 Å². The van der Waals surface area contributed by atoms with Crippen molar-refractivity contribution in [1.29, 1.82) is 0 Å². The van der Waals surface area contributed by atoms with Crippen LogP contribution in [0.15, 0.2) is 54.7 Å². The highest BCUT2D eigenvalue weighted by Gasteiger charge is 2.17. The molecule has 1 aliphatic heterocycles. The van der Waals surface area contributed by atoms with Crippen molar-refractivity contribution in [2.75, 3.05) is 18.4 Å². The number of anilines is 2. The number of fused-ring (bicyclic) bond motifs is 1. The van der Waals surface area contributed by atoms with Crippen LogP contribution in [-0.4, -0.2) is 29.0 Å². The summed E-state index contributed by atoms with van der Waals surface area (Å²) in [5, 5.41) is 6.73. The molecule has 0 bridgehead atoms. The highest BCUT2D eigenvalue weighted by atomic mass is 19.1. The zero-order valence-electron chi connectivity index (χ0n) is 14.9. The largest absolute Gasteiger partial charge is 0.340 e. The first-order valence-corrected chi connectivity index (χ1v) is 9.17. The molecule has 0 atom stereocenters. The van der Waals surface area contributed by atoms with Crippen LogP contribution in [0.2, 0.25) is 0 Å². The van der Waals surface area contributed by atoms with E-state index in [0.29, 0.717) is 17.1 Å². The van der Waals surface area contributed by atoms with Crippen molar-refractivity contribution < 1.29 is 9.18 Å². The molecule has 0 saturated carbocycles. The third-order valence-electron chi connectivity index (χ3n) is 4.74. The van der Waals surface area contributed by atoms with Crippen LogP contribution in [0.1, 0.15) is 29.6 Å². The Morgan fingerprint density at radius 2 is 1.78 bits per heavy atom. The molecule has 0 aliphatic carbocycles. The summed E-state index contributed by atoms with van der Waals surface area (Å²) < 4.78 is 13.5. The van der Waals surface area contributed by atoms with Gasteiger partial charge in [0.25, 0.3) is 5.91 Å². The molecule has 0 spiro atoms.